The van der Waals surface area contributed by atoms with Crippen LogP contribution in [0.2, 0.25) is 0 Å². The summed E-state index contributed by atoms with van der Waals surface area (Å²) in [6, 6.07) is 12.1. The molecule has 3 heterocycles. The van der Waals surface area contributed by atoms with Gasteiger partial charge >= 0.3 is 0 Å². The van der Waals surface area contributed by atoms with Gasteiger partial charge in [0.15, 0.2) is 0 Å². The molecule has 2 aromatic heterocycles. The Balaban J connectivity index is 1.45. The van der Waals surface area contributed by atoms with Crippen molar-refractivity contribution in [3.8, 4) is 28.6 Å². The SMILES string of the molecule is COc1ccc(-c2noc(-c3ccc(N(C)C[C@H]4CCCN4C)nc3)n2)cc1. The molecule has 1 fully saturated rings. The van der Waals surface area contributed by atoms with E-state index < -0.39 is 0 Å². The maximum Gasteiger partial charge on any atom is 0.259 e. The van der Waals surface area contributed by atoms with E-state index in [1.807, 2.05) is 36.4 Å². The van der Waals surface area contributed by atoms with Gasteiger partial charge in [0, 0.05) is 31.4 Å². The highest BCUT2D eigenvalue weighted by Crippen LogP contribution is 2.25. The molecule has 0 bridgehead atoms. The molecule has 3 aromatic rings. The van der Waals surface area contributed by atoms with Crippen molar-refractivity contribution >= 4 is 5.82 Å². The van der Waals surface area contributed by atoms with Gasteiger partial charge in [0.25, 0.3) is 5.89 Å². The number of hydrogen-bond donors (Lipinski definition) is 0. The highest BCUT2D eigenvalue weighted by Gasteiger charge is 2.22. The third kappa shape index (κ3) is 3.84. The van der Waals surface area contributed by atoms with Crippen molar-refractivity contribution in [3.63, 3.8) is 0 Å². The van der Waals surface area contributed by atoms with E-state index in [4.69, 9.17) is 9.26 Å². The van der Waals surface area contributed by atoms with Crippen LogP contribution in [0.25, 0.3) is 22.8 Å². The highest BCUT2D eigenvalue weighted by atomic mass is 16.5. The second-order valence-electron chi connectivity index (χ2n) is 7.21. The van der Waals surface area contributed by atoms with Crippen LogP contribution in [0.1, 0.15) is 12.8 Å². The Morgan fingerprint density at radius 1 is 1.18 bits per heavy atom. The third-order valence-corrected chi connectivity index (χ3v) is 5.32. The van der Waals surface area contributed by atoms with Gasteiger partial charge in [0.05, 0.1) is 12.7 Å². The molecule has 0 spiro atoms. The van der Waals surface area contributed by atoms with Crippen LogP contribution in [-0.2, 0) is 0 Å². The topological polar surface area (TPSA) is 67.5 Å². The number of pyridine rings is 1. The lowest BCUT2D eigenvalue weighted by Gasteiger charge is -2.26. The molecule has 1 aliphatic rings. The maximum absolute atomic E-state index is 5.43. The van der Waals surface area contributed by atoms with Crippen molar-refractivity contribution in [2.75, 3.05) is 39.2 Å². The molecule has 0 radical (unpaired) electrons. The zero-order chi connectivity index (χ0) is 19.5. The number of likely N-dealkylation sites (N-methyl/N-ethyl adjacent to an activating group) is 2. The maximum atomic E-state index is 5.43. The minimum Gasteiger partial charge on any atom is -0.497 e. The molecule has 0 unspecified atom stereocenters. The Kier molecular flexibility index (Phi) is 5.25. The summed E-state index contributed by atoms with van der Waals surface area (Å²) in [6.07, 6.45) is 4.31. The van der Waals surface area contributed by atoms with Crippen molar-refractivity contribution in [2.45, 2.75) is 18.9 Å². The van der Waals surface area contributed by atoms with Crippen LogP contribution in [0.4, 0.5) is 5.82 Å². The van der Waals surface area contributed by atoms with Gasteiger partial charge in [0.2, 0.25) is 5.82 Å². The number of rotatable bonds is 6. The molecule has 0 N–H and O–H groups in total. The highest BCUT2D eigenvalue weighted by molar-refractivity contribution is 5.60. The summed E-state index contributed by atoms with van der Waals surface area (Å²) in [5, 5.41) is 4.08. The zero-order valence-electron chi connectivity index (χ0n) is 16.5. The van der Waals surface area contributed by atoms with Crippen LogP contribution >= 0.6 is 0 Å². The van der Waals surface area contributed by atoms with E-state index >= 15 is 0 Å². The van der Waals surface area contributed by atoms with E-state index in [0.717, 1.165) is 29.2 Å². The first-order chi connectivity index (χ1) is 13.6. The minimum atomic E-state index is 0.461. The van der Waals surface area contributed by atoms with Crippen LogP contribution < -0.4 is 9.64 Å². The lowest BCUT2D eigenvalue weighted by Crippen LogP contribution is -2.36. The van der Waals surface area contributed by atoms with Crippen LogP contribution in [0.15, 0.2) is 47.1 Å². The summed E-state index contributed by atoms with van der Waals surface area (Å²) in [6.45, 7) is 2.16. The van der Waals surface area contributed by atoms with Gasteiger partial charge < -0.3 is 19.1 Å². The summed E-state index contributed by atoms with van der Waals surface area (Å²) in [5.41, 5.74) is 1.68. The van der Waals surface area contributed by atoms with Gasteiger partial charge in [-0.2, -0.15) is 4.98 Å². The monoisotopic (exact) mass is 379 g/mol. The van der Waals surface area contributed by atoms with E-state index in [2.05, 4.69) is 39.0 Å². The summed E-state index contributed by atoms with van der Waals surface area (Å²) in [5.74, 6) is 2.74. The van der Waals surface area contributed by atoms with E-state index in [1.165, 1.54) is 19.4 Å². The van der Waals surface area contributed by atoms with Gasteiger partial charge in [0.1, 0.15) is 11.6 Å². The van der Waals surface area contributed by atoms with E-state index in [9.17, 15) is 0 Å². The zero-order valence-corrected chi connectivity index (χ0v) is 16.5. The average molecular weight is 379 g/mol. The molecule has 28 heavy (non-hydrogen) atoms. The molecule has 7 nitrogen and oxygen atoms in total. The number of nitrogens with zero attached hydrogens (tertiary/aromatic N) is 5. The molecule has 0 aliphatic carbocycles. The number of aromatic nitrogens is 3. The molecule has 7 heteroatoms. The number of anilines is 1. The molecule has 0 amide bonds. The molecule has 4 rings (SSSR count). The normalized spacial score (nSPS) is 17.0. The number of likely N-dealkylation sites (tertiary alicyclic amines) is 1. The quantitative estimate of drug-likeness (QED) is 0.651. The van der Waals surface area contributed by atoms with Gasteiger partial charge in [-0.05, 0) is 62.8 Å². The second kappa shape index (κ2) is 7.98. The average Bonchev–Trinajstić information content (AvgIpc) is 3.38. The first-order valence-corrected chi connectivity index (χ1v) is 9.50. The fraction of sp³-hybridized carbons (Fsp3) is 0.381. The van der Waals surface area contributed by atoms with Crippen molar-refractivity contribution < 1.29 is 9.26 Å². The van der Waals surface area contributed by atoms with E-state index in [0.29, 0.717) is 17.8 Å². The molecule has 1 saturated heterocycles. The minimum absolute atomic E-state index is 0.461. The number of benzene rings is 1. The van der Waals surface area contributed by atoms with Crippen LogP contribution in [0.3, 0.4) is 0 Å². The van der Waals surface area contributed by atoms with Gasteiger partial charge in [-0.3, -0.25) is 0 Å². The summed E-state index contributed by atoms with van der Waals surface area (Å²) in [7, 11) is 5.92. The Hall–Kier alpha value is -2.93. The smallest absolute Gasteiger partial charge is 0.259 e. The van der Waals surface area contributed by atoms with Crippen molar-refractivity contribution in [1.29, 1.82) is 0 Å². The first kappa shape index (κ1) is 18.4. The fourth-order valence-electron chi connectivity index (χ4n) is 3.56. The summed E-state index contributed by atoms with van der Waals surface area (Å²) < 4.78 is 10.6. The van der Waals surface area contributed by atoms with Gasteiger partial charge in [-0.25, -0.2) is 4.98 Å². The molecule has 146 valence electrons. The van der Waals surface area contributed by atoms with Gasteiger partial charge in [-0.15, -0.1) is 0 Å². The molecule has 1 atom stereocenters. The Morgan fingerprint density at radius 3 is 2.61 bits per heavy atom. The largest absolute Gasteiger partial charge is 0.497 e. The predicted molar refractivity (Wildman–Crippen MR) is 108 cm³/mol. The first-order valence-electron chi connectivity index (χ1n) is 9.50. The molecular formula is C21H25N5O2. The van der Waals surface area contributed by atoms with E-state index in [1.54, 1.807) is 13.3 Å². The Bertz CT molecular complexity index is 907. The second-order valence-corrected chi connectivity index (χ2v) is 7.21. The molecular weight excluding hydrogens is 354 g/mol. The fourth-order valence-corrected chi connectivity index (χ4v) is 3.56. The van der Waals surface area contributed by atoms with Gasteiger partial charge in [-0.1, -0.05) is 5.16 Å². The van der Waals surface area contributed by atoms with Crippen LogP contribution in [0.5, 0.6) is 5.75 Å². The Morgan fingerprint density at radius 2 is 1.96 bits per heavy atom. The number of methoxy groups -OCH3 is 1. The molecule has 1 aliphatic heterocycles. The van der Waals surface area contributed by atoms with Crippen molar-refractivity contribution in [1.82, 2.24) is 20.0 Å². The van der Waals surface area contributed by atoms with Crippen molar-refractivity contribution in [2.24, 2.45) is 0 Å². The van der Waals surface area contributed by atoms with Crippen molar-refractivity contribution in [3.05, 3.63) is 42.6 Å². The molecule has 1 aromatic carbocycles. The lowest BCUT2D eigenvalue weighted by molar-refractivity contribution is 0.314. The summed E-state index contributed by atoms with van der Waals surface area (Å²) in [4.78, 5) is 13.7. The summed E-state index contributed by atoms with van der Waals surface area (Å²) >= 11 is 0. The Labute approximate surface area is 164 Å². The van der Waals surface area contributed by atoms with Crippen LogP contribution in [-0.4, -0.2) is 60.4 Å². The van der Waals surface area contributed by atoms with Crippen LogP contribution in [0, 0.1) is 0 Å². The standard InChI is InChI=1S/C21H25N5O2/c1-25-12-4-5-17(25)14-26(2)19-11-8-16(13-22-19)21-23-20(24-28-21)15-6-9-18(27-3)10-7-15/h6-11,13,17H,4-5,12,14H2,1-3H3/t17-/m1/s1. The van der Waals surface area contributed by atoms with E-state index in [-0.39, 0.29) is 0 Å². The number of hydrogen-bond acceptors (Lipinski definition) is 7. The lowest BCUT2D eigenvalue weighted by atomic mass is 10.2. The molecule has 0 saturated carbocycles. The predicted octanol–water partition coefficient (Wildman–Crippen LogP) is 3.34. The number of ether oxygens (including phenoxy) is 1. The third-order valence-electron chi connectivity index (χ3n) is 5.32.